The highest BCUT2D eigenvalue weighted by Crippen LogP contribution is 2.00. The molecule has 0 aromatic carbocycles. The third kappa shape index (κ3) is 9.10. The maximum absolute atomic E-state index is 11.4. The fourth-order valence-electron chi connectivity index (χ4n) is 1.22. The summed E-state index contributed by atoms with van der Waals surface area (Å²) in [4.78, 5) is 43.6. The van der Waals surface area contributed by atoms with Gasteiger partial charge in [-0.1, -0.05) is 0 Å². The predicted octanol–water partition coefficient (Wildman–Crippen LogP) is -1.92. The van der Waals surface area contributed by atoms with Crippen molar-refractivity contribution in [3.63, 3.8) is 0 Å². The number of esters is 2. The van der Waals surface area contributed by atoms with Gasteiger partial charge in [0.1, 0.15) is 6.04 Å². The Morgan fingerprint density at radius 3 is 2.38 bits per heavy atom. The average molecular weight is 302 g/mol. The van der Waals surface area contributed by atoms with E-state index >= 15 is 0 Å². The number of Topliss-reactive ketones (excluding diaryl/α,β-unsaturated/α-hetero) is 1. The number of nitrogens with two attached hydrogens (primary N) is 2. The molecule has 0 heterocycles. The number of carbonyl (C=O) groups excluding carboxylic acids is 3. The normalized spacial score (nSPS) is 11.3. The second-order valence-electron chi connectivity index (χ2n) is 4.11. The minimum absolute atomic E-state index is 0.204. The number of ketones is 1. The van der Waals surface area contributed by atoms with Crippen LogP contribution < -0.4 is 16.8 Å². The number of nitrogens with one attached hydrogen (secondary N) is 2. The molecule has 0 unspecified atom stereocenters. The zero-order chi connectivity index (χ0) is 16.4. The van der Waals surface area contributed by atoms with Gasteiger partial charge in [-0.25, -0.2) is 9.59 Å². The van der Waals surface area contributed by atoms with Gasteiger partial charge in [-0.05, 0) is 12.8 Å². The first kappa shape index (κ1) is 18.5. The highest BCUT2D eigenvalue weighted by molar-refractivity contribution is 6.32. The summed E-state index contributed by atoms with van der Waals surface area (Å²) in [6, 6.07) is -1.03. The van der Waals surface area contributed by atoms with E-state index in [0.29, 0.717) is 13.0 Å². The second-order valence-corrected chi connectivity index (χ2v) is 4.11. The molecule has 0 aliphatic carbocycles. The summed E-state index contributed by atoms with van der Waals surface area (Å²) >= 11 is 0. The van der Waals surface area contributed by atoms with E-state index in [1.165, 1.54) is 0 Å². The summed E-state index contributed by atoms with van der Waals surface area (Å²) in [5.41, 5.74) is 10.5. The molecule has 0 fully saturated rings. The van der Waals surface area contributed by atoms with Gasteiger partial charge in [-0.3, -0.25) is 15.0 Å². The maximum Gasteiger partial charge on any atom is 0.372 e. The van der Waals surface area contributed by atoms with Gasteiger partial charge in [0.15, 0.2) is 5.96 Å². The average Bonchev–Trinajstić information content (AvgIpc) is 2.40. The van der Waals surface area contributed by atoms with Crippen molar-refractivity contribution in [1.82, 2.24) is 5.32 Å². The van der Waals surface area contributed by atoms with Gasteiger partial charge in [0, 0.05) is 13.0 Å². The summed E-state index contributed by atoms with van der Waals surface area (Å²) in [6.45, 7) is 0.345. The molecule has 0 rings (SSSR count). The van der Waals surface area contributed by atoms with Crippen molar-refractivity contribution in [3.05, 3.63) is 0 Å². The Morgan fingerprint density at radius 2 is 1.86 bits per heavy atom. The number of carboxylic acid groups (broad SMARTS) is 1. The van der Waals surface area contributed by atoms with Crippen LogP contribution in [0.25, 0.3) is 0 Å². The van der Waals surface area contributed by atoms with Crippen molar-refractivity contribution in [2.45, 2.75) is 31.7 Å². The number of aliphatic carboxylic acids is 1. The smallest absolute Gasteiger partial charge is 0.372 e. The number of hydrogen-bond donors (Lipinski definition) is 5. The molecule has 0 aliphatic rings. The van der Waals surface area contributed by atoms with E-state index in [-0.39, 0.29) is 12.4 Å². The van der Waals surface area contributed by atoms with Crippen molar-refractivity contribution < 1.29 is 29.0 Å². The lowest BCUT2D eigenvalue weighted by molar-refractivity contribution is -0.161. The number of guanidine groups is 1. The molecule has 7 N–H and O–H groups in total. The Balaban J connectivity index is 3.94. The fraction of sp³-hybridized carbons (Fsp3) is 0.545. The first-order valence-electron chi connectivity index (χ1n) is 6.08. The third-order valence-electron chi connectivity index (χ3n) is 2.32. The van der Waals surface area contributed by atoms with E-state index in [1.807, 2.05) is 0 Å². The summed E-state index contributed by atoms with van der Waals surface area (Å²) < 4.78 is 4.39. The standard InChI is InChI=1S/C11H18N4O6/c12-6(2-1-5-15-11(13)14)10(20)21-8(17)4-3-7(16)9(18)19/h6H,1-5,12H2,(H,18,19)(H4,13,14,15)/t6-/m0/s1. The summed E-state index contributed by atoms with van der Waals surface area (Å²) in [7, 11) is 0. The third-order valence-corrected chi connectivity index (χ3v) is 2.32. The molecule has 0 aromatic heterocycles. The number of ether oxygens (including phenoxy) is 1. The van der Waals surface area contributed by atoms with Crippen LogP contribution >= 0.6 is 0 Å². The van der Waals surface area contributed by atoms with E-state index in [9.17, 15) is 19.2 Å². The van der Waals surface area contributed by atoms with Gasteiger partial charge in [-0.2, -0.15) is 0 Å². The van der Waals surface area contributed by atoms with E-state index in [4.69, 9.17) is 22.0 Å². The number of carboxylic acids is 1. The fourth-order valence-corrected chi connectivity index (χ4v) is 1.22. The predicted molar refractivity (Wildman–Crippen MR) is 70.1 cm³/mol. The van der Waals surface area contributed by atoms with Crippen molar-refractivity contribution in [3.8, 4) is 0 Å². The molecule has 0 radical (unpaired) electrons. The largest absolute Gasteiger partial charge is 0.476 e. The Kier molecular flexibility index (Phi) is 8.30. The monoisotopic (exact) mass is 302 g/mol. The van der Waals surface area contributed by atoms with Crippen LogP contribution in [0.3, 0.4) is 0 Å². The van der Waals surface area contributed by atoms with Crippen LogP contribution in [-0.4, -0.2) is 47.3 Å². The Morgan fingerprint density at radius 1 is 1.24 bits per heavy atom. The number of rotatable bonds is 9. The lowest BCUT2D eigenvalue weighted by Crippen LogP contribution is -2.36. The molecule has 0 saturated carbocycles. The lowest BCUT2D eigenvalue weighted by Gasteiger charge is -2.10. The van der Waals surface area contributed by atoms with Crippen molar-refractivity contribution >= 4 is 29.7 Å². The second kappa shape index (κ2) is 9.42. The van der Waals surface area contributed by atoms with Crippen LogP contribution in [0.4, 0.5) is 0 Å². The molecular formula is C11H18N4O6. The Labute approximate surface area is 120 Å². The zero-order valence-corrected chi connectivity index (χ0v) is 11.3. The molecule has 10 heteroatoms. The molecule has 0 bridgehead atoms. The van der Waals surface area contributed by atoms with Crippen molar-refractivity contribution in [1.29, 1.82) is 5.41 Å². The first-order valence-corrected chi connectivity index (χ1v) is 6.08. The highest BCUT2D eigenvalue weighted by Gasteiger charge is 2.20. The van der Waals surface area contributed by atoms with Gasteiger partial charge in [0.2, 0.25) is 5.78 Å². The van der Waals surface area contributed by atoms with Gasteiger partial charge in [0.25, 0.3) is 0 Å². The minimum atomic E-state index is -1.65. The molecular weight excluding hydrogens is 284 g/mol. The van der Waals surface area contributed by atoms with Crippen LogP contribution in [-0.2, 0) is 23.9 Å². The van der Waals surface area contributed by atoms with Gasteiger partial charge in [-0.15, -0.1) is 0 Å². The summed E-state index contributed by atoms with van der Waals surface area (Å²) in [6.07, 6.45) is -0.406. The van der Waals surface area contributed by atoms with Gasteiger partial charge in [0.05, 0.1) is 6.42 Å². The van der Waals surface area contributed by atoms with Gasteiger partial charge < -0.3 is 26.6 Å². The van der Waals surface area contributed by atoms with Crippen molar-refractivity contribution in [2.75, 3.05) is 6.54 Å². The van der Waals surface area contributed by atoms with E-state index in [1.54, 1.807) is 0 Å². The van der Waals surface area contributed by atoms with Gasteiger partial charge >= 0.3 is 17.9 Å². The molecule has 118 valence electrons. The SMILES string of the molecule is N=C(N)NCCC[C@H](N)C(=O)OC(=O)CCC(=O)C(=O)O. The summed E-state index contributed by atoms with van der Waals surface area (Å²) in [5.74, 6) is -4.95. The van der Waals surface area contributed by atoms with Crippen LogP contribution in [0.15, 0.2) is 0 Å². The molecule has 10 nitrogen and oxygen atoms in total. The minimum Gasteiger partial charge on any atom is -0.476 e. The zero-order valence-electron chi connectivity index (χ0n) is 11.3. The van der Waals surface area contributed by atoms with Crippen LogP contribution in [0.1, 0.15) is 25.7 Å². The maximum atomic E-state index is 11.4. The molecule has 0 spiro atoms. The molecule has 21 heavy (non-hydrogen) atoms. The van der Waals surface area contributed by atoms with E-state index in [2.05, 4.69) is 10.1 Å². The number of hydrogen-bond acceptors (Lipinski definition) is 7. The highest BCUT2D eigenvalue weighted by atomic mass is 16.6. The topological polar surface area (TPSA) is 186 Å². The van der Waals surface area contributed by atoms with Crippen LogP contribution in [0.2, 0.25) is 0 Å². The molecule has 0 saturated heterocycles. The Hall–Kier alpha value is -2.49. The van der Waals surface area contributed by atoms with Crippen LogP contribution in [0, 0.1) is 5.41 Å². The lowest BCUT2D eigenvalue weighted by atomic mass is 10.1. The molecule has 0 aliphatic heterocycles. The van der Waals surface area contributed by atoms with E-state index < -0.39 is 42.6 Å². The number of carbonyl (C=O) groups is 4. The summed E-state index contributed by atoms with van der Waals surface area (Å²) in [5, 5.41) is 17.7. The Bertz CT molecular complexity index is 436. The quantitative estimate of drug-likeness (QED) is 0.0807. The molecule has 0 amide bonds. The van der Waals surface area contributed by atoms with E-state index in [0.717, 1.165) is 0 Å². The molecule has 1 atom stereocenters. The van der Waals surface area contributed by atoms with Crippen LogP contribution in [0.5, 0.6) is 0 Å². The first-order chi connectivity index (χ1) is 9.73. The van der Waals surface area contributed by atoms with Crippen molar-refractivity contribution in [2.24, 2.45) is 11.5 Å². The molecule has 0 aromatic rings.